The lowest BCUT2D eigenvalue weighted by Gasteiger charge is -2.36. The number of unbranched alkanes of at least 4 members (excludes halogenated alkanes) is 3. The second-order valence-corrected chi connectivity index (χ2v) is 16.0. The monoisotopic (exact) mass is 800 g/mol. The van der Waals surface area contributed by atoms with Crippen LogP contribution < -0.4 is 20.9 Å². The minimum absolute atomic E-state index is 0.142. The smallest absolute Gasteiger partial charge is 0.323 e. The fraction of sp³-hybridized carbons (Fsp3) is 0.452. The number of carbonyl (C=O) groups is 4. The third kappa shape index (κ3) is 8.11. The van der Waals surface area contributed by atoms with Crippen molar-refractivity contribution >= 4 is 46.5 Å². The van der Waals surface area contributed by atoms with Crippen molar-refractivity contribution in [1.82, 2.24) is 44.8 Å². The SMILES string of the molecule is Cc1cc(NC(=O)Nc2cnc3ccnn3c2C2CCC2)cnc1-c1noc(CCCCCCN2CCN(c3ccc4c(c3)CN(C3CCC(=O)NC3=O)C4=O)CC2)n1. The number of aryl methyl sites for hydroxylation is 2. The van der Waals surface area contributed by atoms with E-state index in [1.54, 1.807) is 23.5 Å². The molecule has 3 aliphatic heterocycles. The minimum Gasteiger partial charge on any atom is -0.369 e. The molecule has 7 heterocycles. The van der Waals surface area contributed by atoms with Crippen LogP contribution in [0.15, 0.2) is 53.4 Å². The van der Waals surface area contributed by atoms with E-state index in [-0.39, 0.29) is 30.2 Å². The Hall–Kier alpha value is -6.23. The Morgan fingerprint density at radius 2 is 1.80 bits per heavy atom. The van der Waals surface area contributed by atoms with Gasteiger partial charge in [-0.3, -0.25) is 29.6 Å². The van der Waals surface area contributed by atoms with Gasteiger partial charge in [0.25, 0.3) is 5.91 Å². The fourth-order valence-electron chi connectivity index (χ4n) is 8.63. The highest BCUT2D eigenvalue weighted by Crippen LogP contribution is 2.39. The summed E-state index contributed by atoms with van der Waals surface area (Å²) in [7, 11) is 0. The Balaban J connectivity index is 0.686. The first-order chi connectivity index (χ1) is 28.8. The summed E-state index contributed by atoms with van der Waals surface area (Å²) >= 11 is 0. The van der Waals surface area contributed by atoms with E-state index < -0.39 is 6.04 Å². The number of anilines is 3. The number of benzene rings is 1. The van der Waals surface area contributed by atoms with Gasteiger partial charge in [-0.05, 0) is 81.0 Å². The van der Waals surface area contributed by atoms with Gasteiger partial charge in [-0.15, -0.1) is 0 Å². The average Bonchev–Trinajstić information content (AvgIpc) is 3.96. The molecule has 4 aliphatic rings. The summed E-state index contributed by atoms with van der Waals surface area (Å²) < 4.78 is 7.39. The molecule has 1 aliphatic carbocycles. The number of hydrogen-bond acceptors (Lipinski definition) is 12. The molecular formula is C42H48N12O5. The Morgan fingerprint density at radius 1 is 0.949 bits per heavy atom. The summed E-state index contributed by atoms with van der Waals surface area (Å²) in [5, 5.41) is 16.8. The Kier molecular flexibility index (Phi) is 10.7. The van der Waals surface area contributed by atoms with Crippen molar-refractivity contribution < 1.29 is 23.7 Å². The fourth-order valence-corrected chi connectivity index (χ4v) is 8.63. The van der Waals surface area contributed by atoms with E-state index in [4.69, 9.17) is 4.52 Å². The number of piperazine rings is 1. The summed E-state index contributed by atoms with van der Waals surface area (Å²) in [5.41, 5.74) is 7.03. The van der Waals surface area contributed by atoms with Gasteiger partial charge in [0.05, 0.1) is 35.7 Å². The summed E-state index contributed by atoms with van der Waals surface area (Å²) in [6.45, 7) is 7.12. The second kappa shape index (κ2) is 16.6. The molecule has 9 rings (SSSR count). The highest BCUT2D eigenvalue weighted by molar-refractivity contribution is 6.05. The number of nitrogens with zero attached hydrogens (tertiary/aromatic N) is 9. The first-order valence-electron chi connectivity index (χ1n) is 20.7. The van der Waals surface area contributed by atoms with Crippen LogP contribution in [0.5, 0.6) is 0 Å². The predicted molar refractivity (Wildman–Crippen MR) is 218 cm³/mol. The number of urea groups is 1. The van der Waals surface area contributed by atoms with Crippen LogP contribution in [0.25, 0.3) is 17.2 Å². The largest absolute Gasteiger partial charge is 0.369 e. The number of fused-ring (bicyclic) bond motifs is 2. The minimum atomic E-state index is -0.601. The standard InChI is InChI=1S/C42H48N12O5/c1-26-21-29(46-42(58)47-32-24-43-34-14-15-45-54(34)38(32)27-7-6-8-27)23-44-37(26)39-49-36(59-50-39)9-4-2-3-5-16-51-17-19-52(20-18-51)30-10-11-31-28(22-30)25-53(41(31)57)33-12-13-35(55)48-40(33)56/h10-11,14-15,21-24,27,33H,2-9,12-13,16-20,25H2,1H3,(H2,46,47,58)(H,48,55,56). The highest BCUT2D eigenvalue weighted by Gasteiger charge is 2.39. The van der Waals surface area contributed by atoms with Gasteiger partial charge in [-0.25, -0.2) is 14.3 Å². The van der Waals surface area contributed by atoms with Gasteiger partial charge < -0.3 is 25.0 Å². The lowest BCUT2D eigenvalue weighted by molar-refractivity contribution is -0.136. The van der Waals surface area contributed by atoms with Gasteiger partial charge >= 0.3 is 6.03 Å². The van der Waals surface area contributed by atoms with E-state index in [1.807, 2.05) is 35.7 Å². The van der Waals surface area contributed by atoms with Crippen LogP contribution in [0.2, 0.25) is 0 Å². The first kappa shape index (κ1) is 38.3. The van der Waals surface area contributed by atoms with Gasteiger partial charge in [0.1, 0.15) is 11.7 Å². The summed E-state index contributed by atoms with van der Waals surface area (Å²) in [6, 6.07) is 8.69. The lowest BCUT2D eigenvalue weighted by atomic mass is 9.82. The van der Waals surface area contributed by atoms with Crippen molar-refractivity contribution in [3.05, 3.63) is 77.2 Å². The van der Waals surface area contributed by atoms with Crippen molar-refractivity contribution in [2.24, 2.45) is 0 Å². The van der Waals surface area contributed by atoms with E-state index in [9.17, 15) is 19.2 Å². The Labute approximate surface area is 340 Å². The zero-order chi connectivity index (χ0) is 40.5. The van der Waals surface area contributed by atoms with Gasteiger partial charge in [0.15, 0.2) is 5.65 Å². The molecule has 1 unspecified atom stereocenters. The molecule has 2 saturated heterocycles. The van der Waals surface area contributed by atoms with Gasteiger partial charge in [0.2, 0.25) is 23.5 Å². The molecule has 0 radical (unpaired) electrons. The molecule has 59 heavy (non-hydrogen) atoms. The van der Waals surface area contributed by atoms with Gasteiger partial charge in [0, 0.05) is 68.8 Å². The molecule has 4 aromatic heterocycles. The van der Waals surface area contributed by atoms with Crippen LogP contribution in [0.4, 0.5) is 21.9 Å². The number of pyridine rings is 1. The third-order valence-electron chi connectivity index (χ3n) is 12.1. The van der Waals surface area contributed by atoms with Crippen LogP contribution in [0.3, 0.4) is 0 Å². The lowest BCUT2D eigenvalue weighted by Crippen LogP contribution is -2.52. The average molecular weight is 801 g/mol. The van der Waals surface area contributed by atoms with Crippen LogP contribution in [-0.4, -0.2) is 102 Å². The molecular weight excluding hydrogens is 753 g/mol. The zero-order valence-corrected chi connectivity index (χ0v) is 33.2. The molecule has 1 aromatic carbocycles. The maximum absolute atomic E-state index is 13.1. The molecule has 17 nitrogen and oxygen atoms in total. The molecule has 5 amide bonds. The molecule has 3 N–H and O–H groups in total. The molecule has 0 spiro atoms. The van der Waals surface area contributed by atoms with E-state index in [0.717, 1.165) is 106 Å². The van der Waals surface area contributed by atoms with Crippen molar-refractivity contribution in [2.45, 2.75) is 89.6 Å². The van der Waals surface area contributed by atoms with E-state index in [1.165, 1.54) is 0 Å². The van der Waals surface area contributed by atoms with Crippen LogP contribution >= 0.6 is 0 Å². The van der Waals surface area contributed by atoms with Crippen molar-refractivity contribution in [2.75, 3.05) is 48.3 Å². The van der Waals surface area contributed by atoms with E-state index in [2.05, 4.69) is 57.0 Å². The van der Waals surface area contributed by atoms with E-state index in [0.29, 0.717) is 59.7 Å². The van der Waals surface area contributed by atoms with Crippen LogP contribution in [-0.2, 0) is 22.6 Å². The number of amides is 5. The summed E-state index contributed by atoms with van der Waals surface area (Å²) in [5.74, 6) is 0.543. The third-order valence-corrected chi connectivity index (χ3v) is 12.1. The van der Waals surface area contributed by atoms with Gasteiger partial charge in [-0.1, -0.05) is 24.4 Å². The predicted octanol–water partition coefficient (Wildman–Crippen LogP) is 5.08. The maximum Gasteiger partial charge on any atom is 0.323 e. The highest BCUT2D eigenvalue weighted by atomic mass is 16.5. The van der Waals surface area contributed by atoms with Gasteiger partial charge in [-0.2, -0.15) is 10.1 Å². The normalized spacial score (nSPS) is 18.6. The molecule has 17 heteroatoms. The maximum atomic E-state index is 13.1. The Morgan fingerprint density at radius 3 is 2.59 bits per heavy atom. The van der Waals surface area contributed by atoms with Crippen LogP contribution in [0.1, 0.15) is 96.8 Å². The Bertz CT molecular complexity index is 2400. The summed E-state index contributed by atoms with van der Waals surface area (Å²) in [6.07, 6.45) is 13.8. The van der Waals surface area contributed by atoms with Crippen molar-refractivity contribution in [1.29, 1.82) is 0 Å². The molecule has 1 saturated carbocycles. The molecule has 306 valence electrons. The summed E-state index contributed by atoms with van der Waals surface area (Å²) in [4.78, 5) is 70.2. The zero-order valence-electron chi connectivity index (χ0n) is 33.2. The second-order valence-electron chi connectivity index (χ2n) is 16.0. The number of rotatable bonds is 13. The van der Waals surface area contributed by atoms with Crippen molar-refractivity contribution in [3.8, 4) is 11.5 Å². The quantitative estimate of drug-likeness (QED) is 0.106. The number of nitrogens with one attached hydrogen (secondary N) is 3. The number of imide groups is 1. The number of aromatic nitrogens is 6. The van der Waals surface area contributed by atoms with E-state index >= 15 is 0 Å². The molecule has 3 fully saturated rings. The topological polar surface area (TPSA) is 196 Å². The first-order valence-corrected chi connectivity index (χ1v) is 20.7. The number of piperidine rings is 1. The number of hydrogen-bond donors (Lipinski definition) is 3. The van der Waals surface area contributed by atoms with Crippen LogP contribution in [0, 0.1) is 6.92 Å². The number of carbonyl (C=O) groups excluding carboxylic acids is 4. The molecule has 5 aromatic rings. The molecule has 1 atom stereocenters. The molecule has 0 bridgehead atoms. The van der Waals surface area contributed by atoms with Crippen molar-refractivity contribution in [3.63, 3.8) is 0 Å².